The maximum atomic E-state index is 12.9. The molecular weight excluding hydrogens is 376 g/mol. The van der Waals surface area contributed by atoms with E-state index in [1.807, 2.05) is 27.7 Å². The lowest BCUT2D eigenvalue weighted by molar-refractivity contribution is -0.127. The molecule has 4 rings (SSSR count). The molecule has 4 bridgehead atoms. The van der Waals surface area contributed by atoms with Crippen molar-refractivity contribution in [3.63, 3.8) is 0 Å². The maximum Gasteiger partial charge on any atom is 0.297 e. The van der Waals surface area contributed by atoms with Gasteiger partial charge >= 0.3 is 0 Å². The fourth-order valence-electron chi connectivity index (χ4n) is 6.20. The Hall–Kier alpha value is -1.21. The number of hydrogen-bond donors (Lipinski definition) is 2. The summed E-state index contributed by atoms with van der Waals surface area (Å²) in [6.07, 6.45) is -1.66. The van der Waals surface area contributed by atoms with Gasteiger partial charge in [-0.3, -0.25) is 4.18 Å². The molecule has 0 saturated heterocycles. The zero-order valence-corrected chi connectivity index (χ0v) is 17.7. The monoisotopic (exact) mass is 406 g/mol. The van der Waals surface area contributed by atoms with Crippen LogP contribution in [0, 0.1) is 35.5 Å². The molecule has 0 amide bonds. The molecule has 3 aliphatic rings. The van der Waals surface area contributed by atoms with E-state index >= 15 is 0 Å². The molecule has 0 spiro atoms. The summed E-state index contributed by atoms with van der Waals surface area (Å²) in [5.74, 6) is 0.432. The van der Waals surface area contributed by atoms with Crippen LogP contribution in [-0.4, -0.2) is 36.9 Å². The van der Waals surface area contributed by atoms with Crippen LogP contribution in [0.25, 0.3) is 0 Å². The lowest BCUT2D eigenvalue weighted by atomic mass is 9.66. The molecule has 0 heterocycles. The molecule has 154 valence electrons. The Kier molecular flexibility index (Phi) is 4.41. The van der Waals surface area contributed by atoms with Crippen LogP contribution in [0.15, 0.2) is 41.3 Å². The van der Waals surface area contributed by atoms with E-state index < -0.39 is 39.3 Å². The zero-order chi connectivity index (χ0) is 20.6. The molecule has 2 N–H and O–H groups in total. The molecule has 0 aliphatic heterocycles. The van der Waals surface area contributed by atoms with Gasteiger partial charge in [0.1, 0.15) is 6.10 Å². The minimum absolute atomic E-state index is 0.0299. The normalized spacial score (nSPS) is 41.9. The SMILES string of the molecule is C=C1C[C@@H]2C[C@@H]3[C@H]1[C@]2(C)[C@H](O)[C@H](OS(=O)(=O)c1ccc(C)cc1)[C@@H](O)C3(C)C. The molecule has 1 aromatic carbocycles. The van der Waals surface area contributed by atoms with Crippen molar-refractivity contribution in [2.45, 2.75) is 63.7 Å². The van der Waals surface area contributed by atoms with Gasteiger partial charge < -0.3 is 10.2 Å². The minimum Gasteiger partial charge on any atom is -0.390 e. The summed E-state index contributed by atoms with van der Waals surface area (Å²) in [5.41, 5.74) is 0.901. The third-order valence-electron chi connectivity index (χ3n) is 7.96. The third-order valence-corrected chi connectivity index (χ3v) is 9.29. The van der Waals surface area contributed by atoms with Gasteiger partial charge in [-0.1, -0.05) is 50.6 Å². The first-order valence-corrected chi connectivity index (χ1v) is 11.3. The van der Waals surface area contributed by atoms with Crippen LogP contribution in [0.4, 0.5) is 0 Å². The average molecular weight is 407 g/mol. The number of benzene rings is 1. The van der Waals surface area contributed by atoms with Gasteiger partial charge in [-0.25, -0.2) is 0 Å². The lowest BCUT2D eigenvalue weighted by Crippen LogP contribution is -2.53. The molecule has 3 fully saturated rings. The summed E-state index contributed by atoms with van der Waals surface area (Å²) in [4.78, 5) is 0.0299. The van der Waals surface area contributed by atoms with E-state index in [1.54, 1.807) is 12.1 Å². The first-order chi connectivity index (χ1) is 12.9. The lowest BCUT2D eigenvalue weighted by Gasteiger charge is -2.43. The van der Waals surface area contributed by atoms with Crippen molar-refractivity contribution in [2.75, 3.05) is 0 Å². The molecule has 0 radical (unpaired) electrons. The Morgan fingerprint density at radius 1 is 1.11 bits per heavy atom. The van der Waals surface area contributed by atoms with E-state index in [2.05, 4.69) is 6.58 Å². The second-order valence-electron chi connectivity index (χ2n) is 9.78. The Bertz CT molecular complexity index is 903. The van der Waals surface area contributed by atoms with E-state index in [9.17, 15) is 18.6 Å². The largest absolute Gasteiger partial charge is 0.390 e. The molecular formula is C22H30O5S. The van der Waals surface area contributed by atoms with Crippen molar-refractivity contribution in [1.29, 1.82) is 0 Å². The highest BCUT2D eigenvalue weighted by Gasteiger charge is 2.69. The topological polar surface area (TPSA) is 83.8 Å². The van der Waals surface area contributed by atoms with Crippen LogP contribution in [0.1, 0.15) is 39.2 Å². The summed E-state index contributed by atoms with van der Waals surface area (Å²) in [7, 11) is -4.12. The molecule has 1 aromatic rings. The molecule has 7 atom stereocenters. The van der Waals surface area contributed by atoms with E-state index in [1.165, 1.54) is 12.1 Å². The Balaban J connectivity index is 1.75. The first kappa shape index (κ1) is 20.1. The van der Waals surface area contributed by atoms with Gasteiger partial charge in [-0.15, -0.1) is 0 Å². The summed E-state index contributed by atoms with van der Waals surface area (Å²) >= 11 is 0. The van der Waals surface area contributed by atoms with Crippen LogP contribution in [-0.2, 0) is 14.3 Å². The summed E-state index contributed by atoms with van der Waals surface area (Å²) in [6.45, 7) is 12.0. The number of aryl methyl sites for hydroxylation is 1. The fraction of sp³-hybridized carbons (Fsp3) is 0.636. The highest BCUT2D eigenvalue weighted by molar-refractivity contribution is 7.86. The van der Waals surface area contributed by atoms with Crippen molar-refractivity contribution >= 4 is 10.1 Å². The van der Waals surface area contributed by atoms with Gasteiger partial charge in [0, 0.05) is 5.41 Å². The van der Waals surface area contributed by atoms with E-state index in [0.717, 1.165) is 24.0 Å². The predicted molar refractivity (Wildman–Crippen MR) is 106 cm³/mol. The van der Waals surface area contributed by atoms with Crippen LogP contribution >= 0.6 is 0 Å². The van der Waals surface area contributed by atoms with Gasteiger partial charge in [-0.05, 0) is 55.1 Å². The molecule has 0 unspecified atom stereocenters. The Labute approximate surface area is 167 Å². The highest BCUT2D eigenvalue weighted by Crippen LogP contribution is 2.70. The van der Waals surface area contributed by atoms with Crippen molar-refractivity contribution in [3.05, 3.63) is 42.0 Å². The number of aliphatic hydroxyl groups is 2. The second-order valence-corrected chi connectivity index (χ2v) is 11.4. The number of allylic oxidation sites excluding steroid dienone is 1. The van der Waals surface area contributed by atoms with E-state index in [0.29, 0.717) is 0 Å². The van der Waals surface area contributed by atoms with Gasteiger partial charge in [0.25, 0.3) is 10.1 Å². The molecule has 3 saturated carbocycles. The van der Waals surface area contributed by atoms with E-state index in [4.69, 9.17) is 4.18 Å². The quantitative estimate of drug-likeness (QED) is 0.595. The van der Waals surface area contributed by atoms with Crippen LogP contribution in [0.2, 0.25) is 0 Å². The molecule has 0 aromatic heterocycles. The molecule has 5 nitrogen and oxygen atoms in total. The van der Waals surface area contributed by atoms with Crippen LogP contribution < -0.4 is 0 Å². The average Bonchev–Trinajstić information content (AvgIpc) is 3.04. The van der Waals surface area contributed by atoms with Crippen molar-refractivity contribution < 1.29 is 22.8 Å². The zero-order valence-electron chi connectivity index (χ0n) is 16.9. The molecule has 28 heavy (non-hydrogen) atoms. The second kappa shape index (κ2) is 6.14. The smallest absolute Gasteiger partial charge is 0.297 e. The van der Waals surface area contributed by atoms with Crippen molar-refractivity contribution in [3.8, 4) is 0 Å². The number of hydrogen-bond acceptors (Lipinski definition) is 5. The van der Waals surface area contributed by atoms with Gasteiger partial charge in [0.05, 0.1) is 17.1 Å². The first-order valence-electron chi connectivity index (χ1n) is 9.94. The molecule has 6 heteroatoms. The summed E-state index contributed by atoms with van der Waals surface area (Å²) in [6, 6.07) is 6.39. The third kappa shape index (κ3) is 2.58. The predicted octanol–water partition coefficient (Wildman–Crippen LogP) is 3.05. The summed E-state index contributed by atoms with van der Waals surface area (Å²) in [5, 5.41) is 22.5. The Morgan fingerprint density at radius 3 is 2.32 bits per heavy atom. The highest BCUT2D eigenvalue weighted by atomic mass is 32.2. The van der Waals surface area contributed by atoms with Gasteiger partial charge in [0.15, 0.2) is 0 Å². The van der Waals surface area contributed by atoms with Gasteiger partial charge in [0.2, 0.25) is 0 Å². The van der Waals surface area contributed by atoms with Crippen molar-refractivity contribution in [1.82, 2.24) is 0 Å². The van der Waals surface area contributed by atoms with E-state index in [-0.39, 0.29) is 22.6 Å². The summed E-state index contributed by atoms with van der Waals surface area (Å²) < 4.78 is 31.4. The van der Waals surface area contributed by atoms with Crippen LogP contribution in [0.3, 0.4) is 0 Å². The minimum atomic E-state index is -4.12. The Morgan fingerprint density at radius 2 is 1.71 bits per heavy atom. The van der Waals surface area contributed by atoms with Crippen molar-refractivity contribution in [2.24, 2.45) is 28.6 Å². The van der Waals surface area contributed by atoms with Crippen LogP contribution in [0.5, 0.6) is 0 Å². The van der Waals surface area contributed by atoms with Gasteiger partial charge in [-0.2, -0.15) is 8.42 Å². The number of aliphatic hydroxyl groups excluding tert-OH is 2. The molecule has 3 aliphatic carbocycles. The standard InChI is InChI=1S/C22H30O5S/c1-12-6-8-15(9-7-12)28(25,26)27-18-19(23)21(3,4)16-11-14-10-13(2)17(16)22(14,5)20(18)24/h6-9,14,16-20,23-24H,2,10-11H2,1,3-5H3/t14-,16-,17+,18-,19-,20-,22-/m1/s1. The maximum absolute atomic E-state index is 12.9. The fourth-order valence-corrected chi connectivity index (χ4v) is 7.28. The number of rotatable bonds is 3.